The second-order valence-electron chi connectivity index (χ2n) is 6.35. The van der Waals surface area contributed by atoms with E-state index in [2.05, 4.69) is 31.2 Å². The summed E-state index contributed by atoms with van der Waals surface area (Å²) in [7, 11) is 1.69. The smallest absolute Gasteiger partial charge is 0.216 e. The molecule has 0 N–H and O–H groups in total. The van der Waals surface area contributed by atoms with Gasteiger partial charge in [-0.05, 0) is 48.9 Å². The molecule has 0 spiro atoms. The van der Waals surface area contributed by atoms with Crippen LogP contribution in [0.15, 0.2) is 42.5 Å². The van der Waals surface area contributed by atoms with Gasteiger partial charge in [-0.2, -0.15) is 0 Å². The first-order valence-electron chi connectivity index (χ1n) is 8.73. The Kier molecular flexibility index (Phi) is 5.57. The summed E-state index contributed by atoms with van der Waals surface area (Å²) in [4.78, 5) is 4.78. The minimum atomic E-state index is 0.623. The molecule has 1 aliphatic rings. The molecule has 3 rings (SSSR count). The first-order valence-corrected chi connectivity index (χ1v) is 9.11. The average Bonchev–Trinajstić information content (AvgIpc) is 3.12. The number of aromatic nitrogens is 1. The highest BCUT2D eigenvalue weighted by Crippen LogP contribution is 2.33. The number of halogens is 1. The summed E-state index contributed by atoms with van der Waals surface area (Å²) in [5, 5.41) is 0.752. The lowest BCUT2D eigenvalue weighted by molar-refractivity contribution is 0.392. The molecule has 2 nitrogen and oxygen atoms in total. The molecule has 0 amide bonds. The quantitative estimate of drug-likeness (QED) is 0.672. The van der Waals surface area contributed by atoms with E-state index in [9.17, 15) is 0 Å². The molecule has 1 aromatic heterocycles. The zero-order chi connectivity index (χ0) is 16.9. The first kappa shape index (κ1) is 17.0. The monoisotopic (exact) mass is 341 g/mol. The summed E-state index contributed by atoms with van der Waals surface area (Å²) in [5.41, 5.74) is 4.37. The van der Waals surface area contributed by atoms with Gasteiger partial charge in [0, 0.05) is 16.2 Å². The van der Waals surface area contributed by atoms with Crippen molar-refractivity contribution in [2.45, 2.75) is 39.0 Å². The van der Waals surface area contributed by atoms with Crippen molar-refractivity contribution in [1.82, 2.24) is 4.98 Å². The maximum absolute atomic E-state index is 6.23. The maximum atomic E-state index is 6.23. The van der Waals surface area contributed by atoms with Crippen molar-refractivity contribution in [2.24, 2.45) is 5.92 Å². The van der Waals surface area contributed by atoms with Gasteiger partial charge in [0.1, 0.15) is 0 Å². The minimum absolute atomic E-state index is 0.623. The molecular weight excluding hydrogens is 318 g/mol. The molecule has 1 aliphatic carbocycles. The minimum Gasteiger partial charge on any atom is -0.481 e. The molecule has 126 valence electrons. The average molecular weight is 342 g/mol. The number of rotatable bonds is 5. The fraction of sp³-hybridized carbons (Fsp3) is 0.381. The van der Waals surface area contributed by atoms with Crippen molar-refractivity contribution < 1.29 is 4.74 Å². The number of hydrogen-bond donors (Lipinski definition) is 0. The van der Waals surface area contributed by atoms with Crippen molar-refractivity contribution in [3.8, 4) is 5.88 Å². The Hall–Kier alpha value is -1.80. The number of ether oxygens (including phenoxy) is 1. The van der Waals surface area contributed by atoms with Crippen molar-refractivity contribution >= 4 is 17.2 Å². The van der Waals surface area contributed by atoms with Crippen LogP contribution in [0, 0.1) is 5.92 Å². The number of pyridine rings is 1. The molecule has 0 saturated heterocycles. The molecule has 0 bridgehead atoms. The second kappa shape index (κ2) is 7.85. The Labute approximate surface area is 149 Å². The summed E-state index contributed by atoms with van der Waals surface area (Å²) >= 11 is 6.23. The molecule has 1 heterocycles. The van der Waals surface area contributed by atoms with Crippen LogP contribution in [0.4, 0.5) is 0 Å². The molecule has 1 fully saturated rings. The number of benzene rings is 1. The zero-order valence-corrected chi connectivity index (χ0v) is 15.1. The van der Waals surface area contributed by atoms with Crippen LogP contribution >= 0.6 is 11.6 Å². The fourth-order valence-corrected chi connectivity index (χ4v) is 3.60. The molecule has 24 heavy (non-hydrogen) atoms. The van der Waals surface area contributed by atoms with Crippen LogP contribution in [0.25, 0.3) is 5.57 Å². The van der Waals surface area contributed by atoms with Crippen molar-refractivity contribution in [2.75, 3.05) is 7.11 Å². The van der Waals surface area contributed by atoms with Crippen molar-refractivity contribution in [1.29, 1.82) is 0 Å². The van der Waals surface area contributed by atoms with E-state index in [0.29, 0.717) is 11.8 Å². The molecule has 0 atom stereocenters. The van der Waals surface area contributed by atoms with Gasteiger partial charge in [-0.15, -0.1) is 0 Å². The van der Waals surface area contributed by atoms with Crippen LogP contribution in [0.2, 0.25) is 5.02 Å². The third kappa shape index (κ3) is 3.81. The predicted octanol–water partition coefficient (Wildman–Crippen LogP) is 5.93. The summed E-state index contributed by atoms with van der Waals surface area (Å²) in [5.74, 6) is 1.34. The molecule has 2 aromatic rings. The Bertz CT molecular complexity index is 732. The van der Waals surface area contributed by atoms with Crippen LogP contribution in [0.5, 0.6) is 5.88 Å². The number of nitrogens with zero attached hydrogens (tertiary/aromatic N) is 1. The highest BCUT2D eigenvalue weighted by atomic mass is 35.5. The van der Waals surface area contributed by atoms with E-state index < -0.39 is 0 Å². The fourth-order valence-electron chi connectivity index (χ4n) is 3.41. The van der Waals surface area contributed by atoms with E-state index in [1.807, 2.05) is 18.2 Å². The number of aryl methyl sites for hydroxylation is 1. The lowest BCUT2D eigenvalue weighted by Crippen LogP contribution is -2.00. The van der Waals surface area contributed by atoms with Crippen molar-refractivity contribution in [3.05, 3.63) is 64.3 Å². The zero-order valence-electron chi connectivity index (χ0n) is 14.4. The summed E-state index contributed by atoms with van der Waals surface area (Å²) in [6.45, 7) is 2.12. The third-order valence-electron chi connectivity index (χ3n) is 4.73. The first-order chi connectivity index (χ1) is 11.7. The van der Waals surface area contributed by atoms with E-state index in [1.54, 1.807) is 7.11 Å². The highest BCUT2D eigenvalue weighted by molar-refractivity contribution is 6.30. The normalized spacial score (nSPS) is 15.7. The van der Waals surface area contributed by atoms with Gasteiger partial charge in [0.05, 0.1) is 12.8 Å². The van der Waals surface area contributed by atoms with E-state index in [0.717, 1.165) is 33.8 Å². The van der Waals surface area contributed by atoms with E-state index in [-0.39, 0.29) is 0 Å². The van der Waals surface area contributed by atoms with Crippen LogP contribution in [0.3, 0.4) is 0 Å². The summed E-state index contributed by atoms with van der Waals surface area (Å²) in [6, 6.07) is 12.3. The summed E-state index contributed by atoms with van der Waals surface area (Å²) < 4.78 is 5.49. The Morgan fingerprint density at radius 3 is 2.71 bits per heavy atom. The molecule has 1 aromatic carbocycles. The van der Waals surface area contributed by atoms with Crippen LogP contribution in [-0.2, 0) is 6.42 Å². The van der Waals surface area contributed by atoms with Gasteiger partial charge >= 0.3 is 0 Å². The van der Waals surface area contributed by atoms with Crippen molar-refractivity contribution in [3.63, 3.8) is 0 Å². The lowest BCUT2D eigenvalue weighted by Gasteiger charge is -2.14. The third-order valence-corrected chi connectivity index (χ3v) is 4.96. The van der Waals surface area contributed by atoms with Gasteiger partial charge in [-0.3, -0.25) is 0 Å². The molecule has 0 aliphatic heterocycles. The van der Waals surface area contributed by atoms with Crippen LogP contribution < -0.4 is 4.74 Å². The van der Waals surface area contributed by atoms with E-state index >= 15 is 0 Å². The summed E-state index contributed by atoms with van der Waals surface area (Å²) in [6.07, 6.45) is 8.44. The molecule has 0 unspecified atom stereocenters. The molecular formula is C21H24ClNO. The topological polar surface area (TPSA) is 22.1 Å². The van der Waals surface area contributed by atoms with Gasteiger partial charge in [-0.25, -0.2) is 4.98 Å². The second-order valence-corrected chi connectivity index (χ2v) is 6.79. The van der Waals surface area contributed by atoms with Gasteiger partial charge < -0.3 is 4.74 Å². The number of allylic oxidation sites excluding steroid dienone is 1. The number of hydrogen-bond acceptors (Lipinski definition) is 2. The van der Waals surface area contributed by atoms with Gasteiger partial charge in [0.15, 0.2) is 0 Å². The SMILES string of the molecule is CCc1ccc(/C(=C/C2CCCC2)c2cccc(Cl)c2)nc1OC. The Morgan fingerprint density at radius 1 is 1.25 bits per heavy atom. The maximum Gasteiger partial charge on any atom is 0.216 e. The highest BCUT2D eigenvalue weighted by Gasteiger charge is 2.17. The Morgan fingerprint density at radius 2 is 2.04 bits per heavy atom. The van der Waals surface area contributed by atoms with Gasteiger partial charge in [-0.1, -0.05) is 55.6 Å². The lowest BCUT2D eigenvalue weighted by atomic mass is 9.95. The van der Waals surface area contributed by atoms with E-state index in [1.165, 1.54) is 25.7 Å². The Balaban J connectivity index is 2.07. The van der Waals surface area contributed by atoms with Crippen LogP contribution in [-0.4, -0.2) is 12.1 Å². The molecule has 1 saturated carbocycles. The molecule has 3 heteroatoms. The van der Waals surface area contributed by atoms with E-state index in [4.69, 9.17) is 21.3 Å². The standard InChI is InChI=1S/C21H24ClNO/c1-3-16-11-12-20(23-21(16)24-2)19(13-15-7-4-5-8-15)17-9-6-10-18(22)14-17/h6,9-15H,3-5,7-8H2,1-2H3/b19-13+. The number of methoxy groups -OCH3 is 1. The van der Waals surface area contributed by atoms with Gasteiger partial charge in [0.2, 0.25) is 5.88 Å². The van der Waals surface area contributed by atoms with Gasteiger partial charge in [0.25, 0.3) is 0 Å². The predicted molar refractivity (Wildman–Crippen MR) is 101 cm³/mol. The largest absolute Gasteiger partial charge is 0.481 e. The van der Waals surface area contributed by atoms with Crippen LogP contribution in [0.1, 0.15) is 49.4 Å². The molecule has 0 radical (unpaired) electrons.